The topological polar surface area (TPSA) is 126 Å². The summed E-state index contributed by atoms with van der Waals surface area (Å²) in [5, 5.41) is 11.7. The molecule has 35 heavy (non-hydrogen) atoms. The first-order chi connectivity index (χ1) is 17.0. The van der Waals surface area contributed by atoms with Crippen LogP contribution in [0, 0.1) is 0 Å². The van der Waals surface area contributed by atoms with Gasteiger partial charge in [0.2, 0.25) is 18.5 Å². The number of aromatic nitrogens is 5. The second-order valence-corrected chi connectivity index (χ2v) is 8.04. The van der Waals surface area contributed by atoms with Crippen molar-refractivity contribution in [3.63, 3.8) is 0 Å². The number of carbonyl (C=O) groups is 1. The van der Waals surface area contributed by atoms with E-state index in [-0.39, 0.29) is 24.9 Å². The maximum absolute atomic E-state index is 12.9. The van der Waals surface area contributed by atoms with Crippen molar-refractivity contribution in [2.45, 2.75) is 6.54 Å². The number of nitrogens with one attached hydrogen (secondary N) is 1. The molecule has 0 bridgehead atoms. The molecule has 2 aromatic carbocycles. The smallest absolute Gasteiger partial charge is 0.350 e. The fourth-order valence-corrected chi connectivity index (χ4v) is 3.79. The van der Waals surface area contributed by atoms with Gasteiger partial charge >= 0.3 is 5.69 Å². The van der Waals surface area contributed by atoms with Gasteiger partial charge in [-0.15, -0.1) is 5.10 Å². The van der Waals surface area contributed by atoms with Crippen LogP contribution < -0.4 is 20.5 Å². The highest BCUT2D eigenvalue weighted by Gasteiger charge is 2.19. The van der Waals surface area contributed by atoms with Gasteiger partial charge in [-0.1, -0.05) is 16.8 Å². The Morgan fingerprint density at radius 2 is 1.91 bits per heavy atom. The number of ether oxygens (including phenoxy) is 2. The molecular weight excluding hydrogens is 476 g/mol. The lowest BCUT2D eigenvalue weighted by atomic mass is 10.2. The predicted octanol–water partition coefficient (Wildman–Crippen LogP) is 3.23. The Labute approximate surface area is 201 Å². The summed E-state index contributed by atoms with van der Waals surface area (Å²) in [5.74, 6) is 1.26. The van der Waals surface area contributed by atoms with Gasteiger partial charge in [0.25, 0.3) is 5.89 Å². The van der Waals surface area contributed by atoms with Crippen molar-refractivity contribution in [2.24, 2.45) is 0 Å². The van der Waals surface area contributed by atoms with Crippen molar-refractivity contribution in [3.05, 3.63) is 76.3 Å². The minimum absolute atomic E-state index is 0.132. The van der Waals surface area contributed by atoms with Gasteiger partial charge in [0, 0.05) is 28.5 Å². The van der Waals surface area contributed by atoms with E-state index in [1.54, 1.807) is 60.8 Å². The van der Waals surface area contributed by atoms with Crippen molar-refractivity contribution in [1.82, 2.24) is 24.3 Å². The second-order valence-electron chi connectivity index (χ2n) is 7.60. The summed E-state index contributed by atoms with van der Waals surface area (Å²) in [7, 11) is 0. The number of fused-ring (bicyclic) bond motifs is 2. The standard InChI is InChI=1S/C23H15ClN6O5/c24-14-5-3-13(4-6-14)20-26-22(35-28-20)16-2-1-9-29-21(16)27-30(23(29)32)11-19(31)25-15-7-8-17-18(10-15)34-12-33-17/h1-10H,11-12H2,(H,25,31). The zero-order chi connectivity index (χ0) is 23.9. The van der Waals surface area contributed by atoms with Crippen molar-refractivity contribution in [1.29, 1.82) is 0 Å². The molecule has 5 aromatic rings. The molecule has 0 radical (unpaired) electrons. The second kappa shape index (κ2) is 8.29. The number of hydrogen-bond donors (Lipinski definition) is 1. The molecule has 3 aromatic heterocycles. The van der Waals surface area contributed by atoms with Crippen LogP contribution in [0.15, 0.2) is 70.1 Å². The van der Waals surface area contributed by atoms with Crippen LogP contribution in [-0.4, -0.2) is 37.0 Å². The largest absolute Gasteiger partial charge is 0.454 e. The third-order valence-corrected chi connectivity index (χ3v) is 5.57. The molecule has 12 heteroatoms. The highest BCUT2D eigenvalue weighted by Crippen LogP contribution is 2.34. The summed E-state index contributed by atoms with van der Waals surface area (Å²) in [6, 6.07) is 15.4. The van der Waals surface area contributed by atoms with Crippen molar-refractivity contribution in [2.75, 3.05) is 12.1 Å². The Morgan fingerprint density at radius 3 is 2.77 bits per heavy atom. The van der Waals surface area contributed by atoms with Crippen LogP contribution in [0.25, 0.3) is 28.5 Å². The van der Waals surface area contributed by atoms with Crippen molar-refractivity contribution >= 4 is 28.8 Å². The molecule has 0 spiro atoms. The zero-order valence-corrected chi connectivity index (χ0v) is 18.6. The minimum Gasteiger partial charge on any atom is -0.454 e. The first-order valence-corrected chi connectivity index (χ1v) is 10.8. The molecule has 174 valence electrons. The molecule has 0 atom stereocenters. The first-order valence-electron chi connectivity index (χ1n) is 10.4. The van der Waals surface area contributed by atoms with Crippen molar-refractivity contribution in [3.8, 4) is 34.3 Å². The van der Waals surface area contributed by atoms with E-state index in [4.69, 9.17) is 25.6 Å². The Bertz CT molecular complexity index is 1640. The molecule has 1 amide bonds. The number of rotatable bonds is 5. The predicted molar refractivity (Wildman–Crippen MR) is 124 cm³/mol. The normalized spacial score (nSPS) is 12.3. The number of anilines is 1. The third kappa shape index (κ3) is 3.87. The van der Waals surface area contributed by atoms with Crippen LogP contribution in [0.4, 0.5) is 5.69 Å². The lowest BCUT2D eigenvalue weighted by Crippen LogP contribution is -2.28. The van der Waals surface area contributed by atoms with Gasteiger partial charge in [0.05, 0.1) is 5.56 Å². The first kappa shape index (κ1) is 20.9. The van der Waals surface area contributed by atoms with E-state index in [1.807, 2.05) is 0 Å². The Morgan fingerprint density at radius 1 is 1.09 bits per heavy atom. The van der Waals surface area contributed by atoms with E-state index in [0.717, 1.165) is 10.2 Å². The average molecular weight is 491 g/mol. The van der Waals surface area contributed by atoms with E-state index in [9.17, 15) is 9.59 Å². The fraction of sp³-hybridized carbons (Fsp3) is 0.0870. The number of pyridine rings is 1. The van der Waals surface area contributed by atoms with Gasteiger partial charge in [0.1, 0.15) is 6.54 Å². The third-order valence-electron chi connectivity index (χ3n) is 5.32. The highest BCUT2D eigenvalue weighted by atomic mass is 35.5. The van der Waals surface area contributed by atoms with Crippen LogP contribution in [0.5, 0.6) is 11.5 Å². The van der Waals surface area contributed by atoms with Gasteiger partial charge in [-0.3, -0.25) is 4.79 Å². The summed E-state index contributed by atoms with van der Waals surface area (Å²) in [6.45, 7) is -0.165. The Balaban J connectivity index is 1.27. The molecule has 1 N–H and O–H groups in total. The van der Waals surface area contributed by atoms with Gasteiger partial charge < -0.3 is 19.3 Å². The monoisotopic (exact) mass is 490 g/mol. The number of amides is 1. The van der Waals surface area contributed by atoms with E-state index < -0.39 is 11.6 Å². The molecule has 0 saturated carbocycles. The molecule has 0 aliphatic carbocycles. The summed E-state index contributed by atoms with van der Waals surface area (Å²) in [4.78, 5) is 29.9. The number of nitrogens with zero attached hydrogens (tertiary/aromatic N) is 5. The van der Waals surface area contributed by atoms with Crippen LogP contribution in [-0.2, 0) is 11.3 Å². The zero-order valence-electron chi connectivity index (χ0n) is 17.8. The van der Waals surface area contributed by atoms with Crippen LogP contribution in [0.2, 0.25) is 5.02 Å². The molecule has 11 nitrogen and oxygen atoms in total. The van der Waals surface area contributed by atoms with Gasteiger partial charge in [0.15, 0.2) is 17.1 Å². The lowest BCUT2D eigenvalue weighted by molar-refractivity contribution is -0.117. The molecular formula is C23H15ClN6O5. The highest BCUT2D eigenvalue weighted by molar-refractivity contribution is 6.30. The van der Waals surface area contributed by atoms with Crippen LogP contribution in [0.3, 0.4) is 0 Å². The van der Waals surface area contributed by atoms with Crippen LogP contribution in [0.1, 0.15) is 0 Å². The summed E-state index contributed by atoms with van der Waals surface area (Å²) in [5.41, 5.74) is 1.48. The van der Waals surface area contributed by atoms with E-state index in [1.165, 1.54) is 4.40 Å². The quantitative estimate of drug-likeness (QED) is 0.398. The summed E-state index contributed by atoms with van der Waals surface area (Å²) in [6.07, 6.45) is 1.55. The van der Waals surface area contributed by atoms with Gasteiger partial charge in [-0.25, -0.2) is 13.9 Å². The fourth-order valence-electron chi connectivity index (χ4n) is 3.67. The number of hydrogen-bond acceptors (Lipinski definition) is 8. The SMILES string of the molecule is O=C(Cn1nc2c(-c3nc(-c4ccc(Cl)cc4)no3)cccn2c1=O)Nc1ccc2c(c1)OCO2. The molecule has 4 heterocycles. The molecule has 1 aliphatic rings. The van der Waals surface area contributed by atoms with E-state index in [2.05, 4.69) is 20.6 Å². The van der Waals surface area contributed by atoms with E-state index >= 15 is 0 Å². The van der Waals surface area contributed by atoms with Gasteiger partial charge in [-0.05, 0) is 48.5 Å². The maximum Gasteiger partial charge on any atom is 0.350 e. The summed E-state index contributed by atoms with van der Waals surface area (Å²) >= 11 is 5.94. The Hall–Kier alpha value is -4.64. The number of halogens is 1. The molecule has 6 rings (SSSR count). The van der Waals surface area contributed by atoms with Crippen LogP contribution >= 0.6 is 11.6 Å². The molecule has 0 unspecified atom stereocenters. The maximum atomic E-state index is 12.9. The van der Waals surface area contributed by atoms with Gasteiger partial charge in [-0.2, -0.15) is 4.98 Å². The number of carbonyl (C=O) groups excluding carboxylic acids is 1. The molecule has 0 fully saturated rings. The lowest BCUT2D eigenvalue weighted by Gasteiger charge is -2.05. The molecule has 1 aliphatic heterocycles. The van der Waals surface area contributed by atoms with Crippen molar-refractivity contribution < 1.29 is 18.8 Å². The summed E-state index contributed by atoms with van der Waals surface area (Å²) < 4.78 is 18.4. The molecule has 0 saturated heterocycles. The Kier molecular flexibility index (Phi) is 4.96. The van der Waals surface area contributed by atoms with E-state index in [0.29, 0.717) is 33.6 Å². The number of benzene rings is 2. The minimum atomic E-state index is -0.486. The average Bonchev–Trinajstić information content (AvgIpc) is 3.59.